The molecule has 1 aromatic rings. The number of hydrogen-bond acceptors (Lipinski definition) is 13. The van der Waals surface area contributed by atoms with E-state index in [0.717, 1.165) is 45.1 Å². The van der Waals surface area contributed by atoms with Crippen molar-refractivity contribution in [3.05, 3.63) is 17.8 Å². The van der Waals surface area contributed by atoms with Crippen molar-refractivity contribution in [2.24, 2.45) is 5.92 Å². The van der Waals surface area contributed by atoms with Gasteiger partial charge in [-0.05, 0) is 86.6 Å². The van der Waals surface area contributed by atoms with Crippen molar-refractivity contribution >= 4 is 59.1 Å². The number of likely N-dealkylation sites (N-methyl/N-ethyl adjacent to an activating group) is 1. The average Bonchev–Trinajstić information content (AvgIpc) is 3.98. The fourth-order valence-electron chi connectivity index (χ4n) is 9.13. The van der Waals surface area contributed by atoms with Crippen molar-refractivity contribution in [2.45, 2.75) is 187 Å². The second-order valence-electron chi connectivity index (χ2n) is 22.2. The van der Waals surface area contributed by atoms with E-state index in [1.165, 1.54) is 52.7 Å². The number of hydrogen-bond donors (Lipinski definition) is 8. The first kappa shape index (κ1) is 60.4. The maximum absolute atomic E-state index is 13.6. The minimum atomic E-state index is -1.58. The largest absolute Gasteiger partial charge is 0.448 e. The van der Waals surface area contributed by atoms with Gasteiger partial charge < -0.3 is 56.8 Å². The Kier molecular flexibility index (Phi) is 21.5. The fourth-order valence-corrected chi connectivity index (χ4v) is 9.13. The van der Waals surface area contributed by atoms with E-state index < -0.39 is 101 Å². The van der Waals surface area contributed by atoms with E-state index in [1.54, 1.807) is 11.8 Å². The van der Waals surface area contributed by atoms with Crippen LogP contribution in [0.3, 0.4) is 0 Å². The van der Waals surface area contributed by atoms with Crippen molar-refractivity contribution in [2.75, 3.05) is 52.9 Å². The molecule has 1 unspecified atom stereocenters. The summed E-state index contributed by atoms with van der Waals surface area (Å²) < 4.78 is 5.19. The van der Waals surface area contributed by atoms with Gasteiger partial charge in [0.15, 0.2) is 11.6 Å². The summed E-state index contributed by atoms with van der Waals surface area (Å²) in [5.74, 6) is -5.48. The number of likely N-dealkylation sites (tertiary alicyclic amines) is 3. The first-order valence-corrected chi connectivity index (χ1v) is 26.2. The van der Waals surface area contributed by atoms with Crippen LogP contribution in [0.1, 0.15) is 156 Å². The SMILES string of the molecule is CCCCCCCC[C@H](NC(=O)C1CCCN1C(=O)c1coc(C)n1)C(=O)NCC(=O)NC(C)(C)C(=O)NCC(=O)N[C@@H](CC(C)C)C(=O)NC(C)(C)C(=O)NC(C)(C)C(=O)NCCC(=O)N1CC2(CCN2C)C1. The predicted octanol–water partition coefficient (Wildman–Crippen LogP) is 0.694. The van der Waals surface area contributed by atoms with Gasteiger partial charge in [0, 0.05) is 46.1 Å². The summed E-state index contributed by atoms with van der Waals surface area (Å²) in [5.41, 5.74) is -4.37. The van der Waals surface area contributed by atoms with Gasteiger partial charge in [0.1, 0.15) is 41.0 Å². The van der Waals surface area contributed by atoms with E-state index >= 15 is 0 Å². The number of oxazole rings is 1. The highest BCUT2D eigenvalue weighted by Crippen LogP contribution is 2.37. The molecule has 23 nitrogen and oxygen atoms in total. The van der Waals surface area contributed by atoms with Crippen LogP contribution in [0.2, 0.25) is 0 Å². The number of aryl methyl sites for hydroxylation is 1. The molecule has 4 heterocycles. The highest BCUT2D eigenvalue weighted by Gasteiger charge is 2.53. The lowest BCUT2D eigenvalue weighted by Crippen LogP contribution is -2.76. The predicted molar refractivity (Wildman–Crippen MR) is 273 cm³/mol. The lowest BCUT2D eigenvalue weighted by atomic mass is 9.78. The van der Waals surface area contributed by atoms with E-state index in [9.17, 15) is 47.9 Å². The van der Waals surface area contributed by atoms with E-state index in [0.29, 0.717) is 51.2 Å². The van der Waals surface area contributed by atoms with Gasteiger partial charge in [-0.1, -0.05) is 59.3 Å². The molecule has 3 aliphatic rings. The molecule has 0 aliphatic carbocycles. The van der Waals surface area contributed by atoms with Crippen LogP contribution in [-0.2, 0) is 43.2 Å². The normalized spacial score (nSPS) is 17.3. The lowest BCUT2D eigenvalue weighted by molar-refractivity contribution is -0.156. The maximum atomic E-state index is 13.6. The number of nitrogens with one attached hydrogen (secondary N) is 8. The first-order valence-electron chi connectivity index (χ1n) is 26.2. The Morgan fingerprint density at radius 3 is 1.97 bits per heavy atom. The molecule has 0 aromatic carbocycles. The van der Waals surface area contributed by atoms with Gasteiger partial charge in [-0.2, -0.15) is 0 Å². The number of unbranched alkanes of at least 4 members (excludes halogenated alkanes) is 5. The molecular weight excluding hydrogens is 957 g/mol. The van der Waals surface area contributed by atoms with Crippen LogP contribution < -0.4 is 42.5 Å². The highest BCUT2D eigenvalue weighted by atomic mass is 16.3. The summed E-state index contributed by atoms with van der Waals surface area (Å²) >= 11 is 0. The highest BCUT2D eigenvalue weighted by molar-refractivity contribution is 6.00. The summed E-state index contributed by atoms with van der Waals surface area (Å²) in [7, 11) is 2.05. The number of nitrogens with zero attached hydrogens (tertiary/aromatic N) is 4. The van der Waals surface area contributed by atoms with E-state index in [4.69, 9.17) is 4.42 Å². The van der Waals surface area contributed by atoms with Crippen LogP contribution in [0.5, 0.6) is 0 Å². The molecule has 1 aromatic heterocycles. The molecule has 8 N–H and O–H groups in total. The van der Waals surface area contributed by atoms with Gasteiger partial charge in [0.25, 0.3) is 5.91 Å². The Morgan fingerprint density at radius 2 is 1.36 bits per heavy atom. The minimum absolute atomic E-state index is 0.0572. The third-order valence-electron chi connectivity index (χ3n) is 14.0. The Balaban J connectivity index is 1.24. The van der Waals surface area contributed by atoms with Gasteiger partial charge in [-0.3, -0.25) is 52.8 Å². The van der Waals surface area contributed by atoms with Crippen LogP contribution in [0.4, 0.5) is 0 Å². The summed E-state index contributed by atoms with van der Waals surface area (Å²) in [6.45, 7) is 17.8. The van der Waals surface area contributed by atoms with Gasteiger partial charge in [0.2, 0.25) is 53.2 Å². The average molecular weight is 1040 g/mol. The van der Waals surface area contributed by atoms with Crippen LogP contribution in [-0.4, -0.2) is 172 Å². The smallest absolute Gasteiger partial charge is 0.276 e. The molecule has 4 rings (SSSR count). The Labute approximate surface area is 435 Å². The van der Waals surface area contributed by atoms with Gasteiger partial charge in [-0.15, -0.1) is 0 Å². The number of carbonyl (C=O) groups excluding carboxylic acids is 10. The zero-order chi connectivity index (χ0) is 55.2. The molecule has 3 fully saturated rings. The number of rotatable bonds is 28. The van der Waals surface area contributed by atoms with E-state index in [-0.39, 0.29) is 42.4 Å². The topological polar surface area (TPSA) is 303 Å². The van der Waals surface area contributed by atoms with E-state index in [1.807, 2.05) is 20.9 Å². The number of amides is 10. The number of carbonyl (C=O) groups is 10. The molecule has 0 radical (unpaired) electrons. The quantitative estimate of drug-likeness (QED) is 0.0537. The van der Waals surface area contributed by atoms with Crippen molar-refractivity contribution < 1.29 is 52.4 Å². The molecule has 0 bridgehead atoms. The molecule has 0 saturated carbocycles. The molecule has 3 saturated heterocycles. The summed E-state index contributed by atoms with van der Waals surface area (Å²) in [6.07, 6.45) is 9.46. The molecule has 74 heavy (non-hydrogen) atoms. The maximum Gasteiger partial charge on any atom is 0.276 e. The second-order valence-corrected chi connectivity index (χ2v) is 22.2. The Bertz CT molecular complexity index is 2200. The zero-order valence-electron chi connectivity index (χ0n) is 45.6. The Hall–Kier alpha value is -6.13. The molecule has 1 spiro atoms. The molecular formula is C51H84N12O11. The molecule has 3 aliphatic heterocycles. The van der Waals surface area contributed by atoms with Crippen LogP contribution in [0.15, 0.2) is 10.7 Å². The van der Waals surface area contributed by atoms with Gasteiger partial charge >= 0.3 is 0 Å². The van der Waals surface area contributed by atoms with Crippen molar-refractivity contribution in [1.29, 1.82) is 0 Å². The molecule has 23 heteroatoms. The molecule has 3 atom stereocenters. The van der Waals surface area contributed by atoms with Crippen LogP contribution in [0.25, 0.3) is 0 Å². The lowest BCUT2D eigenvalue weighted by Gasteiger charge is -2.61. The van der Waals surface area contributed by atoms with Crippen molar-refractivity contribution in [1.82, 2.24) is 62.2 Å². The minimum Gasteiger partial charge on any atom is -0.448 e. The van der Waals surface area contributed by atoms with E-state index in [2.05, 4.69) is 59.3 Å². The number of aromatic nitrogens is 1. The van der Waals surface area contributed by atoms with Crippen molar-refractivity contribution in [3.8, 4) is 0 Å². The standard InChI is InChI=1S/C51H84N12O11/c1-12-13-14-15-16-17-19-34(57-43(69)37-20-18-24-63(37)44(70)36-29-74-33(4)55-36)41(67)53-28-39(65)58-48(5,6)46(72)54-27-38(64)56-35(26-32(2)3)42(68)59-50(9,10)47(73)60-49(7,8)45(71)52-23-21-40(66)62-30-51(31-62)22-25-61(51)11/h29,32,34-35,37H,12-28,30-31H2,1-11H3,(H,52,71)(H,53,67)(H,54,72)(H,56,64)(H,57,69)(H,58,65)(H,59,68)(H,60,73)/t34-,35-,37?/m0/s1. The Morgan fingerprint density at radius 1 is 0.743 bits per heavy atom. The third-order valence-corrected chi connectivity index (χ3v) is 14.0. The molecule has 414 valence electrons. The third kappa shape index (κ3) is 17.0. The summed E-state index contributed by atoms with van der Waals surface area (Å²) in [4.78, 5) is 143. The van der Waals surface area contributed by atoms with Crippen LogP contribution >= 0.6 is 0 Å². The second kappa shape index (κ2) is 26.4. The summed E-state index contributed by atoms with van der Waals surface area (Å²) in [5, 5.41) is 21.1. The van der Waals surface area contributed by atoms with Crippen LogP contribution in [0, 0.1) is 12.8 Å². The zero-order valence-corrected chi connectivity index (χ0v) is 45.6. The van der Waals surface area contributed by atoms with Crippen molar-refractivity contribution in [3.63, 3.8) is 0 Å². The monoisotopic (exact) mass is 1040 g/mol. The summed E-state index contributed by atoms with van der Waals surface area (Å²) in [6, 6.07) is -2.96. The van der Waals surface area contributed by atoms with Gasteiger partial charge in [0.05, 0.1) is 18.6 Å². The first-order chi connectivity index (χ1) is 34.6. The van der Waals surface area contributed by atoms with Gasteiger partial charge in [-0.25, -0.2) is 4.98 Å². The molecule has 10 amide bonds. The fraction of sp³-hybridized carbons (Fsp3) is 0.745.